The van der Waals surface area contributed by atoms with Crippen molar-refractivity contribution in [3.05, 3.63) is 36.0 Å². The molecule has 1 aromatic heterocycles. The Bertz CT molecular complexity index is 1760. The third-order valence-electron chi connectivity index (χ3n) is 9.71. The average molecular weight is 803 g/mol. The smallest absolute Gasteiger partial charge is 0.326 e. The summed E-state index contributed by atoms with van der Waals surface area (Å²) in [6.07, 6.45) is -1.67. The molecule has 0 radical (unpaired) electrons. The molecule has 0 bridgehead atoms. The number of nitrogens with two attached hydrogens (primary N) is 1. The Kier molecular flexibility index (Phi) is 18.1. The molecule has 1 aromatic carbocycles. The first-order chi connectivity index (χ1) is 26.6. The van der Waals surface area contributed by atoms with Crippen molar-refractivity contribution in [3.8, 4) is 0 Å². The second kappa shape index (κ2) is 21.7. The molecule has 0 aliphatic heterocycles. The number of amides is 7. The number of nitrogens with zero attached hydrogens (tertiary/aromatic N) is 1. The number of para-hydroxylation sites is 1. The van der Waals surface area contributed by atoms with Gasteiger partial charge in [-0.3, -0.25) is 33.6 Å². The number of carboxylic acid groups (broad SMARTS) is 1. The van der Waals surface area contributed by atoms with Crippen molar-refractivity contribution >= 4 is 58.2 Å². The van der Waals surface area contributed by atoms with Gasteiger partial charge in [0.2, 0.25) is 41.4 Å². The number of aromatic amines is 1. The number of carbonyl (C=O) groups is 8. The number of aliphatic carboxylic acids is 1. The number of hydrogen-bond donors (Lipinski definition) is 10. The fraction of sp³-hybridized carbons (Fsp3) is 0.579. The molecule has 0 aliphatic carbocycles. The lowest BCUT2D eigenvalue weighted by atomic mass is 9.96. The molecule has 57 heavy (non-hydrogen) atoms. The van der Waals surface area contributed by atoms with E-state index < -0.39 is 108 Å². The zero-order valence-corrected chi connectivity index (χ0v) is 33.6. The lowest BCUT2D eigenvalue weighted by Gasteiger charge is -2.34. The molecule has 316 valence electrons. The molecule has 11 N–H and O–H groups in total. The first-order valence-electron chi connectivity index (χ1n) is 18.8. The van der Waals surface area contributed by atoms with E-state index in [9.17, 15) is 53.7 Å². The van der Waals surface area contributed by atoms with E-state index in [-0.39, 0.29) is 19.3 Å². The highest BCUT2D eigenvalue weighted by Gasteiger charge is 2.39. The number of benzene rings is 1. The van der Waals surface area contributed by atoms with Gasteiger partial charge in [0.1, 0.15) is 36.3 Å². The number of aromatic nitrogens is 1. The number of carboxylic acids is 1. The number of rotatable bonds is 22. The van der Waals surface area contributed by atoms with Crippen LogP contribution in [0.4, 0.5) is 0 Å². The summed E-state index contributed by atoms with van der Waals surface area (Å²) >= 11 is 0. The zero-order valence-electron chi connectivity index (χ0n) is 33.6. The van der Waals surface area contributed by atoms with E-state index in [0.717, 1.165) is 22.7 Å². The van der Waals surface area contributed by atoms with Crippen molar-refractivity contribution < 1.29 is 53.7 Å². The first kappa shape index (κ1) is 47.6. The van der Waals surface area contributed by atoms with E-state index in [1.165, 1.54) is 20.9 Å². The van der Waals surface area contributed by atoms with Crippen LogP contribution in [-0.4, -0.2) is 128 Å². The molecule has 0 aliphatic rings. The Balaban J connectivity index is 2.45. The van der Waals surface area contributed by atoms with Crippen molar-refractivity contribution in [1.29, 1.82) is 0 Å². The van der Waals surface area contributed by atoms with Crippen LogP contribution in [0.2, 0.25) is 0 Å². The number of hydrogen-bond acceptors (Lipinski definition) is 10. The van der Waals surface area contributed by atoms with Gasteiger partial charge in [-0.05, 0) is 43.7 Å². The Morgan fingerprint density at radius 2 is 1.33 bits per heavy atom. The molecule has 1 heterocycles. The molecule has 19 nitrogen and oxygen atoms in total. The number of carbonyl (C=O) groups excluding carboxylic acids is 7. The van der Waals surface area contributed by atoms with Gasteiger partial charge in [-0.25, -0.2) is 4.79 Å². The molecule has 2 aromatic rings. The quantitative estimate of drug-likeness (QED) is 0.0674. The molecule has 7 amide bonds. The number of H-pyrrole nitrogens is 1. The summed E-state index contributed by atoms with van der Waals surface area (Å²) in [7, 11) is 1.29. The molecule has 0 saturated heterocycles. The van der Waals surface area contributed by atoms with Crippen LogP contribution in [0, 0.1) is 11.8 Å². The Labute approximate surface area is 331 Å². The largest absolute Gasteiger partial charge is 0.480 e. The van der Waals surface area contributed by atoms with Crippen molar-refractivity contribution in [1.82, 2.24) is 36.5 Å². The third kappa shape index (κ3) is 13.6. The maximum Gasteiger partial charge on any atom is 0.326 e. The van der Waals surface area contributed by atoms with Gasteiger partial charge < -0.3 is 57.5 Å². The van der Waals surface area contributed by atoms with E-state index in [4.69, 9.17) is 5.73 Å². The zero-order chi connectivity index (χ0) is 43.3. The molecule has 0 fully saturated rings. The van der Waals surface area contributed by atoms with Crippen LogP contribution in [0.3, 0.4) is 0 Å². The number of aliphatic hydroxyl groups is 2. The number of likely N-dealkylation sites (N-methyl/N-ethyl adjacent to an activating group) is 1. The molecule has 9 atom stereocenters. The monoisotopic (exact) mass is 802 g/mol. The van der Waals surface area contributed by atoms with Gasteiger partial charge in [-0.2, -0.15) is 0 Å². The van der Waals surface area contributed by atoms with Crippen molar-refractivity contribution in [2.75, 3.05) is 7.05 Å². The number of aliphatic hydroxyl groups excluding tert-OH is 2. The molecule has 0 unspecified atom stereocenters. The number of fused-ring (bicyclic) bond motifs is 1. The minimum absolute atomic E-state index is 0.0786. The molecule has 0 saturated carbocycles. The van der Waals surface area contributed by atoms with Crippen LogP contribution in [0.5, 0.6) is 0 Å². The summed E-state index contributed by atoms with van der Waals surface area (Å²) in [4.78, 5) is 108. The standard InChI is InChI=1S/C38H58N8O11/c1-9-19(4)30(44-33(51)26(14-15-28(39)50)42-36(54)31(20(5)47)41-22(7)49)35(53)45-32(21(6)48)37(55)46(8)27(34(52)43-29(18(2)3)38(56)57)16-23-17-40-25-13-11-10-12-24(23)25/h10-13,17-21,26-27,29-32,40,47-48H,9,14-16H2,1-8H3,(H2,39,50)(H,41,49)(H,42,54)(H,43,52)(H,44,51)(H,45,53)(H,56,57)/t19-,20-,21-,26-,27-,29-,30-,31-,32-/m0/s1. The summed E-state index contributed by atoms with van der Waals surface area (Å²) in [5, 5.41) is 43.7. The van der Waals surface area contributed by atoms with Gasteiger partial charge in [-0.1, -0.05) is 52.3 Å². The highest BCUT2D eigenvalue weighted by Crippen LogP contribution is 2.22. The summed E-state index contributed by atoms with van der Waals surface area (Å²) in [5.41, 5.74) is 6.68. The fourth-order valence-corrected chi connectivity index (χ4v) is 6.08. The lowest BCUT2D eigenvalue weighted by molar-refractivity contribution is -0.147. The van der Waals surface area contributed by atoms with Gasteiger partial charge in [0, 0.05) is 43.9 Å². The predicted molar refractivity (Wildman–Crippen MR) is 208 cm³/mol. The van der Waals surface area contributed by atoms with Gasteiger partial charge >= 0.3 is 5.97 Å². The normalized spacial score (nSPS) is 16.1. The number of primary amides is 1. The van der Waals surface area contributed by atoms with Gasteiger partial charge in [-0.15, -0.1) is 0 Å². The average Bonchev–Trinajstić information content (AvgIpc) is 3.55. The molecule has 2 rings (SSSR count). The Morgan fingerprint density at radius 3 is 1.86 bits per heavy atom. The summed E-state index contributed by atoms with van der Waals surface area (Å²) in [6.45, 7) is 10.2. The summed E-state index contributed by atoms with van der Waals surface area (Å²) in [5.74, 6) is -8.32. The Morgan fingerprint density at radius 1 is 0.772 bits per heavy atom. The minimum Gasteiger partial charge on any atom is -0.480 e. The van der Waals surface area contributed by atoms with Crippen LogP contribution in [0.1, 0.15) is 73.3 Å². The SMILES string of the molecule is CC[C@H](C)[C@H](NC(=O)[C@H](CCC(N)=O)NC(=O)[C@@H](NC(C)=O)[C@H](C)O)C(=O)N[C@H](C(=O)N(C)[C@@H](Cc1c[nH]c2ccccc12)C(=O)N[C@H](C(=O)O)C(C)C)[C@H](C)O. The minimum atomic E-state index is -1.67. The van der Waals surface area contributed by atoms with Crippen LogP contribution in [0.15, 0.2) is 30.5 Å². The van der Waals surface area contributed by atoms with Crippen molar-refractivity contribution in [3.63, 3.8) is 0 Å². The first-order valence-corrected chi connectivity index (χ1v) is 18.8. The van der Waals surface area contributed by atoms with E-state index >= 15 is 0 Å². The van der Waals surface area contributed by atoms with Crippen LogP contribution in [-0.2, 0) is 44.8 Å². The highest BCUT2D eigenvalue weighted by molar-refractivity contribution is 5.97. The molecular weight excluding hydrogens is 744 g/mol. The fourth-order valence-electron chi connectivity index (χ4n) is 6.08. The molecule has 19 heteroatoms. The van der Waals surface area contributed by atoms with Gasteiger partial charge in [0.25, 0.3) is 0 Å². The topological polar surface area (TPSA) is 302 Å². The van der Waals surface area contributed by atoms with Gasteiger partial charge in [0.05, 0.1) is 12.2 Å². The third-order valence-corrected chi connectivity index (χ3v) is 9.71. The van der Waals surface area contributed by atoms with Crippen LogP contribution < -0.4 is 32.3 Å². The van der Waals surface area contributed by atoms with Crippen LogP contribution in [0.25, 0.3) is 10.9 Å². The highest BCUT2D eigenvalue weighted by atomic mass is 16.4. The second-order valence-electron chi connectivity index (χ2n) is 14.7. The maximum absolute atomic E-state index is 14.2. The molecule has 0 spiro atoms. The van der Waals surface area contributed by atoms with Crippen molar-refractivity contribution in [2.24, 2.45) is 17.6 Å². The number of nitrogens with one attached hydrogen (secondary N) is 6. The summed E-state index contributed by atoms with van der Waals surface area (Å²) in [6, 6.07) is -1.35. The van der Waals surface area contributed by atoms with E-state index in [0.29, 0.717) is 12.0 Å². The molecular formula is C38H58N8O11. The van der Waals surface area contributed by atoms with Crippen molar-refractivity contribution in [2.45, 2.75) is 123 Å². The summed E-state index contributed by atoms with van der Waals surface area (Å²) < 4.78 is 0. The maximum atomic E-state index is 14.2. The van der Waals surface area contributed by atoms with E-state index in [1.54, 1.807) is 40.0 Å². The van der Waals surface area contributed by atoms with E-state index in [2.05, 4.69) is 31.6 Å². The van der Waals surface area contributed by atoms with Crippen LogP contribution >= 0.6 is 0 Å². The lowest BCUT2D eigenvalue weighted by Crippen LogP contribution is -2.63. The predicted octanol–water partition coefficient (Wildman–Crippen LogP) is -1.20. The Hall–Kier alpha value is -5.56. The van der Waals surface area contributed by atoms with E-state index in [1.807, 2.05) is 18.2 Å². The van der Waals surface area contributed by atoms with Gasteiger partial charge in [0.15, 0.2) is 0 Å². The second-order valence-corrected chi connectivity index (χ2v) is 14.7.